The van der Waals surface area contributed by atoms with Crippen molar-refractivity contribution in [1.82, 2.24) is 0 Å². The summed E-state index contributed by atoms with van der Waals surface area (Å²) in [7, 11) is 0.379. The molecule has 0 amide bonds. The van der Waals surface area contributed by atoms with Gasteiger partial charge in [-0.15, -0.1) is 0 Å². The molecule has 0 atom stereocenters. The quantitative estimate of drug-likeness (QED) is 0.665. The number of thiol groups is 1. The van der Waals surface area contributed by atoms with E-state index in [0.29, 0.717) is 10.9 Å². The maximum Gasteiger partial charge on any atom is 0.0000510 e. The van der Waals surface area contributed by atoms with Crippen molar-refractivity contribution >= 4 is 10.9 Å². The van der Waals surface area contributed by atoms with Gasteiger partial charge in [0, 0.05) is 5.75 Å². The Labute approximate surface area is 77.3 Å². The van der Waals surface area contributed by atoms with Crippen molar-refractivity contribution < 1.29 is 0 Å². The van der Waals surface area contributed by atoms with Gasteiger partial charge in [0.05, 0.1) is 0 Å². The van der Waals surface area contributed by atoms with Crippen molar-refractivity contribution in [2.75, 3.05) is 11.5 Å². The third kappa shape index (κ3) is 2.04. The van der Waals surface area contributed by atoms with E-state index in [-0.39, 0.29) is 0 Å². The Morgan fingerprint density at radius 3 is 2.33 bits per heavy atom. The number of hydrogen-bond donors (Lipinski definition) is 1. The maximum atomic E-state index is 2.26. The van der Waals surface area contributed by atoms with Crippen molar-refractivity contribution in [3.8, 4) is 0 Å². The first-order chi connectivity index (χ1) is 5.95. The fraction of sp³-hybridized carbons (Fsp3) is 0.455. The Hall–Kier alpha value is -0.430. The molecule has 1 heteroatoms. The van der Waals surface area contributed by atoms with Gasteiger partial charge in [-0.2, -0.15) is 0 Å². The van der Waals surface area contributed by atoms with Crippen LogP contribution in [0, 0.1) is 0 Å². The van der Waals surface area contributed by atoms with Crippen molar-refractivity contribution in [2.45, 2.75) is 18.6 Å². The Morgan fingerprint density at radius 2 is 1.67 bits per heavy atom. The summed E-state index contributed by atoms with van der Waals surface area (Å²) in [5, 5.41) is 0. The summed E-state index contributed by atoms with van der Waals surface area (Å²) in [6.45, 7) is 0. The molecule has 1 fully saturated rings. The van der Waals surface area contributed by atoms with Crippen LogP contribution in [0.1, 0.15) is 18.4 Å². The van der Waals surface area contributed by atoms with Crippen LogP contribution in [0.5, 0.6) is 0 Å². The summed E-state index contributed by atoms with van der Waals surface area (Å²) >= 11 is 0. The second-order valence-corrected chi connectivity index (χ2v) is 6.02. The van der Waals surface area contributed by atoms with Crippen LogP contribution in [0.3, 0.4) is 0 Å². The Morgan fingerprint density at radius 1 is 1.00 bits per heavy atom. The zero-order chi connectivity index (χ0) is 8.23. The average molecular weight is 180 g/mol. The second kappa shape index (κ2) is 3.99. The molecule has 1 aromatic rings. The van der Waals surface area contributed by atoms with Crippen molar-refractivity contribution in [3.05, 3.63) is 35.9 Å². The summed E-state index contributed by atoms with van der Waals surface area (Å²) in [5.41, 5.74) is 1.55. The average Bonchev–Trinajstić information content (AvgIpc) is 2.59. The van der Waals surface area contributed by atoms with E-state index in [4.69, 9.17) is 0 Å². The normalized spacial score (nSPS) is 19.8. The van der Waals surface area contributed by atoms with Crippen LogP contribution in [-0.4, -0.2) is 11.5 Å². The van der Waals surface area contributed by atoms with Gasteiger partial charge in [-0.05, 0) is 29.9 Å². The molecule has 1 aliphatic heterocycles. The van der Waals surface area contributed by atoms with Crippen molar-refractivity contribution in [3.63, 3.8) is 0 Å². The third-order valence-corrected chi connectivity index (χ3v) is 5.16. The maximum absolute atomic E-state index is 2.26. The topological polar surface area (TPSA) is 0 Å². The molecule has 66 valence electrons. The molecule has 1 aromatic carbocycles. The molecule has 1 saturated heterocycles. The van der Waals surface area contributed by atoms with Gasteiger partial charge in [-0.1, -0.05) is 30.3 Å². The molecule has 0 N–H and O–H groups in total. The minimum absolute atomic E-state index is 0.379. The first-order valence-electron chi connectivity index (χ1n) is 4.71. The molecule has 0 saturated carbocycles. The molecule has 1 aliphatic rings. The second-order valence-electron chi connectivity index (χ2n) is 3.47. The van der Waals surface area contributed by atoms with Gasteiger partial charge in [0.15, 0.2) is 0 Å². The lowest BCUT2D eigenvalue weighted by molar-refractivity contribution is 0.949. The van der Waals surface area contributed by atoms with Crippen LogP contribution in [-0.2, 0) is 5.75 Å². The van der Waals surface area contributed by atoms with E-state index in [0.717, 1.165) is 0 Å². The molecule has 0 aliphatic carbocycles. The van der Waals surface area contributed by atoms with E-state index < -0.39 is 0 Å². The van der Waals surface area contributed by atoms with E-state index >= 15 is 0 Å². The molecular formula is C11H16S. The molecule has 12 heavy (non-hydrogen) atoms. The molecule has 0 nitrogen and oxygen atoms in total. The number of hydrogen-bond acceptors (Lipinski definition) is 0. The van der Waals surface area contributed by atoms with Gasteiger partial charge in [-0.3, -0.25) is 0 Å². The summed E-state index contributed by atoms with van der Waals surface area (Å²) in [6, 6.07) is 10.9. The predicted octanol–water partition coefficient (Wildman–Crippen LogP) is 2.98. The van der Waals surface area contributed by atoms with Crippen LogP contribution in [0.15, 0.2) is 30.3 Å². The lowest BCUT2D eigenvalue weighted by Gasteiger charge is -2.13. The van der Waals surface area contributed by atoms with Crippen LogP contribution < -0.4 is 0 Å². The van der Waals surface area contributed by atoms with Crippen LogP contribution in [0.4, 0.5) is 0 Å². The molecule has 0 aromatic heterocycles. The Balaban J connectivity index is 1.94. The third-order valence-electron chi connectivity index (χ3n) is 2.45. The monoisotopic (exact) mass is 180 g/mol. The molecule has 0 spiro atoms. The fourth-order valence-corrected chi connectivity index (χ4v) is 4.39. The molecule has 1 heterocycles. The van der Waals surface area contributed by atoms with Gasteiger partial charge in [0.2, 0.25) is 0 Å². The highest BCUT2D eigenvalue weighted by Crippen LogP contribution is 2.37. The molecule has 0 radical (unpaired) electrons. The van der Waals surface area contributed by atoms with Crippen LogP contribution in [0.2, 0.25) is 0 Å². The minimum atomic E-state index is 0.379. The van der Waals surface area contributed by atoms with E-state index in [2.05, 4.69) is 30.3 Å². The Bertz CT molecular complexity index is 224. The lowest BCUT2D eigenvalue weighted by Crippen LogP contribution is -1.88. The lowest BCUT2D eigenvalue weighted by atomic mass is 10.2. The minimum Gasteiger partial charge on any atom is -0.249 e. The number of rotatable bonds is 2. The highest BCUT2D eigenvalue weighted by atomic mass is 32.2. The van der Waals surface area contributed by atoms with Crippen molar-refractivity contribution in [1.29, 1.82) is 0 Å². The zero-order valence-electron chi connectivity index (χ0n) is 7.37. The predicted molar refractivity (Wildman–Crippen MR) is 58.1 cm³/mol. The van der Waals surface area contributed by atoms with Gasteiger partial charge in [-0.25, -0.2) is 10.9 Å². The SMILES string of the molecule is c1ccc(C[SH]2CCCC2)cc1. The van der Waals surface area contributed by atoms with E-state index in [1.54, 1.807) is 5.56 Å². The van der Waals surface area contributed by atoms with Gasteiger partial charge < -0.3 is 0 Å². The summed E-state index contributed by atoms with van der Waals surface area (Å²) in [6.07, 6.45) is 2.97. The fourth-order valence-electron chi connectivity index (χ4n) is 1.78. The van der Waals surface area contributed by atoms with Crippen molar-refractivity contribution in [2.24, 2.45) is 0 Å². The summed E-state index contributed by atoms with van der Waals surface area (Å²) in [4.78, 5) is 0. The van der Waals surface area contributed by atoms with E-state index in [9.17, 15) is 0 Å². The largest absolute Gasteiger partial charge is 0.249 e. The molecule has 0 unspecified atom stereocenters. The van der Waals surface area contributed by atoms with E-state index in [1.165, 1.54) is 30.1 Å². The van der Waals surface area contributed by atoms with Gasteiger partial charge >= 0.3 is 0 Å². The van der Waals surface area contributed by atoms with Crippen LogP contribution >= 0.6 is 10.9 Å². The summed E-state index contributed by atoms with van der Waals surface area (Å²) < 4.78 is 0. The van der Waals surface area contributed by atoms with E-state index in [1.807, 2.05) is 0 Å². The smallest absolute Gasteiger partial charge is 0.0000510 e. The summed E-state index contributed by atoms with van der Waals surface area (Å²) in [5.74, 6) is 4.41. The zero-order valence-corrected chi connectivity index (χ0v) is 8.26. The Kier molecular flexibility index (Phi) is 2.72. The molecular weight excluding hydrogens is 164 g/mol. The first-order valence-corrected chi connectivity index (χ1v) is 6.61. The highest BCUT2D eigenvalue weighted by molar-refractivity contribution is 8.16. The highest BCUT2D eigenvalue weighted by Gasteiger charge is 2.10. The van der Waals surface area contributed by atoms with Gasteiger partial charge in [0.25, 0.3) is 0 Å². The molecule has 0 bridgehead atoms. The number of benzene rings is 1. The van der Waals surface area contributed by atoms with Crippen LogP contribution in [0.25, 0.3) is 0 Å². The first kappa shape index (κ1) is 8.18. The molecule has 2 rings (SSSR count). The van der Waals surface area contributed by atoms with Gasteiger partial charge in [0.1, 0.15) is 0 Å². The standard InChI is InChI=1S/C11H16S/c1-2-6-11(7-3-1)10-12-8-4-5-9-12/h1-3,6-7,12H,4-5,8-10H2.